The van der Waals surface area contributed by atoms with Crippen LogP contribution in [0.3, 0.4) is 0 Å². The minimum Gasteiger partial charge on any atom is -0.493 e. The Hall–Kier alpha value is -1.02. The van der Waals surface area contributed by atoms with Crippen LogP contribution in [-0.2, 0) is 0 Å². The molecular weight excluding hydrogens is 198 g/mol. The first-order valence-electron chi connectivity index (χ1n) is 6.19. The van der Waals surface area contributed by atoms with Gasteiger partial charge in [-0.2, -0.15) is 0 Å². The van der Waals surface area contributed by atoms with Gasteiger partial charge in [0, 0.05) is 17.0 Å². The SMILES string of the molecule is CCC(N)(CC)CC1COc2ccccc21. The third-order valence-corrected chi connectivity index (χ3v) is 3.86. The summed E-state index contributed by atoms with van der Waals surface area (Å²) in [6.45, 7) is 5.13. The number of ether oxygens (including phenoxy) is 1. The van der Waals surface area contributed by atoms with Crippen molar-refractivity contribution in [1.82, 2.24) is 0 Å². The third kappa shape index (κ3) is 2.07. The Bertz CT molecular complexity index is 358. The lowest BCUT2D eigenvalue weighted by Crippen LogP contribution is -2.40. The Kier molecular flexibility index (Phi) is 3.20. The minimum absolute atomic E-state index is 0.0362. The fourth-order valence-electron chi connectivity index (χ4n) is 2.43. The standard InChI is InChI=1S/C14H21NO/c1-3-14(15,4-2)9-11-10-16-13-8-6-5-7-12(11)13/h5-8,11H,3-4,9-10,15H2,1-2H3. The maximum absolute atomic E-state index is 6.38. The fraction of sp³-hybridized carbons (Fsp3) is 0.571. The van der Waals surface area contributed by atoms with Crippen molar-refractivity contribution in [1.29, 1.82) is 0 Å². The van der Waals surface area contributed by atoms with Gasteiger partial charge in [0.05, 0.1) is 6.61 Å². The minimum atomic E-state index is -0.0362. The zero-order chi connectivity index (χ0) is 11.6. The summed E-state index contributed by atoms with van der Waals surface area (Å²) in [4.78, 5) is 0. The van der Waals surface area contributed by atoms with Crippen LogP contribution in [0.25, 0.3) is 0 Å². The van der Waals surface area contributed by atoms with Crippen LogP contribution < -0.4 is 10.5 Å². The predicted molar refractivity (Wildman–Crippen MR) is 66.8 cm³/mol. The van der Waals surface area contributed by atoms with Crippen LogP contribution in [-0.4, -0.2) is 12.1 Å². The largest absolute Gasteiger partial charge is 0.493 e. The summed E-state index contributed by atoms with van der Waals surface area (Å²) in [6.07, 6.45) is 3.08. The average molecular weight is 219 g/mol. The summed E-state index contributed by atoms with van der Waals surface area (Å²) in [6, 6.07) is 8.32. The maximum atomic E-state index is 6.38. The van der Waals surface area contributed by atoms with E-state index < -0.39 is 0 Å². The zero-order valence-electron chi connectivity index (χ0n) is 10.2. The fourth-order valence-corrected chi connectivity index (χ4v) is 2.43. The Balaban J connectivity index is 2.14. The number of fused-ring (bicyclic) bond motifs is 1. The molecule has 2 heteroatoms. The molecule has 0 saturated heterocycles. The predicted octanol–water partition coefficient (Wildman–Crippen LogP) is 3.07. The topological polar surface area (TPSA) is 35.2 Å². The molecule has 88 valence electrons. The van der Waals surface area contributed by atoms with Gasteiger partial charge in [0.2, 0.25) is 0 Å². The van der Waals surface area contributed by atoms with Gasteiger partial charge in [0.1, 0.15) is 5.75 Å². The molecule has 16 heavy (non-hydrogen) atoms. The summed E-state index contributed by atoms with van der Waals surface area (Å²) >= 11 is 0. The van der Waals surface area contributed by atoms with Crippen LogP contribution in [0.4, 0.5) is 0 Å². The summed E-state index contributed by atoms with van der Waals surface area (Å²) in [5.41, 5.74) is 7.67. The van der Waals surface area contributed by atoms with Crippen molar-refractivity contribution in [2.24, 2.45) is 5.73 Å². The molecule has 0 fully saturated rings. The number of hydrogen-bond acceptors (Lipinski definition) is 2. The van der Waals surface area contributed by atoms with E-state index in [4.69, 9.17) is 10.5 Å². The second kappa shape index (κ2) is 4.46. The van der Waals surface area contributed by atoms with E-state index >= 15 is 0 Å². The summed E-state index contributed by atoms with van der Waals surface area (Å²) in [5.74, 6) is 1.52. The van der Waals surface area contributed by atoms with E-state index in [-0.39, 0.29) is 5.54 Å². The van der Waals surface area contributed by atoms with E-state index in [2.05, 4.69) is 26.0 Å². The van der Waals surface area contributed by atoms with Gasteiger partial charge in [-0.3, -0.25) is 0 Å². The third-order valence-electron chi connectivity index (χ3n) is 3.86. The molecule has 1 aromatic rings. The van der Waals surface area contributed by atoms with E-state index in [0.717, 1.165) is 31.6 Å². The van der Waals surface area contributed by atoms with Crippen molar-refractivity contribution < 1.29 is 4.74 Å². The van der Waals surface area contributed by atoms with Gasteiger partial charge in [-0.05, 0) is 25.3 Å². The number of para-hydroxylation sites is 1. The van der Waals surface area contributed by atoms with Gasteiger partial charge in [-0.1, -0.05) is 32.0 Å². The monoisotopic (exact) mass is 219 g/mol. The molecule has 1 aromatic carbocycles. The number of hydrogen-bond donors (Lipinski definition) is 1. The molecule has 1 aliphatic rings. The average Bonchev–Trinajstić information content (AvgIpc) is 2.73. The van der Waals surface area contributed by atoms with E-state index in [0.29, 0.717) is 5.92 Å². The molecule has 2 nitrogen and oxygen atoms in total. The van der Waals surface area contributed by atoms with E-state index in [1.165, 1.54) is 5.56 Å². The molecule has 1 heterocycles. The molecule has 1 aliphatic heterocycles. The first kappa shape index (κ1) is 11.5. The van der Waals surface area contributed by atoms with Gasteiger partial charge >= 0.3 is 0 Å². The lowest BCUT2D eigenvalue weighted by atomic mass is 9.82. The summed E-state index contributed by atoms with van der Waals surface area (Å²) in [7, 11) is 0. The molecule has 0 amide bonds. The van der Waals surface area contributed by atoms with Crippen LogP contribution in [0.1, 0.15) is 44.6 Å². The quantitative estimate of drug-likeness (QED) is 0.844. The highest BCUT2D eigenvalue weighted by atomic mass is 16.5. The normalized spacial score (nSPS) is 19.3. The van der Waals surface area contributed by atoms with Crippen molar-refractivity contribution in [2.45, 2.75) is 44.6 Å². The molecule has 2 N–H and O–H groups in total. The molecule has 0 aliphatic carbocycles. The van der Waals surface area contributed by atoms with E-state index in [1.807, 2.05) is 12.1 Å². The van der Waals surface area contributed by atoms with Gasteiger partial charge in [0.25, 0.3) is 0 Å². The van der Waals surface area contributed by atoms with Gasteiger partial charge in [0.15, 0.2) is 0 Å². The van der Waals surface area contributed by atoms with Crippen LogP contribution in [0.5, 0.6) is 5.75 Å². The van der Waals surface area contributed by atoms with Gasteiger partial charge < -0.3 is 10.5 Å². The number of benzene rings is 1. The Labute approximate surface area is 97.8 Å². The number of rotatable bonds is 4. The van der Waals surface area contributed by atoms with Gasteiger partial charge in [-0.15, -0.1) is 0 Å². The molecule has 0 aromatic heterocycles. The highest BCUT2D eigenvalue weighted by Gasteiger charge is 2.31. The second-order valence-corrected chi connectivity index (χ2v) is 4.82. The molecule has 0 spiro atoms. The van der Waals surface area contributed by atoms with Crippen molar-refractivity contribution in [3.63, 3.8) is 0 Å². The van der Waals surface area contributed by atoms with E-state index in [9.17, 15) is 0 Å². The molecule has 0 saturated carbocycles. The molecular formula is C14H21NO. The highest BCUT2D eigenvalue weighted by molar-refractivity contribution is 5.39. The molecule has 0 bridgehead atoms. The van der Waals surface area contributed by atoms with Gasteiger partial charge in [-0.25, -0.2) is 0 Å². The maximum Gasteiger partial charge on any atom is 0.122 e. The second-order valence-electron chi connectivity index (χ2n) is 4.82. The Morgan fingerprint density at radius 1 is 1.31 bits per heavy atom. The van der Waals surface area contributed by atoms with Crippen LogP contribution in [0.2, 0.25) is 0 Å². The summed E-state index contributed by atoms with van der Waals surface area (Å²) in [5, 5.41) is 0. The van der Waals surface area contributed by atoms with Crippen molar-refractivity contribution >= 4 is 0 Å². The molecule has 2 rings (SSSR count). The molecule has 1 atom stereocenters. The van der Waals surface area contributed by atoms with Crippen molar-refractivity contribution in [3.05, 3.63) is 29.8 Å². The van der Waals surface area contributed by atoms with Crippen LogP contribution in [0.15, 0.2) is 24.3 Å². The van der Waals surface area contributed by atoms with Crippen LogP contribution in [0, 0.1) is 0 Å². The molecule has 0 radical (unpaired) electrons. The van der Waals surface area contributed by atoms with E-state index in [1.54, 1.807) is 0 Å². The smallest absolute Gasteiger partial charge is 0.122 e. The Morgan fingerprint density at radius 3 is 2.69 bits per heavy atom. The summed E-state index contributed by atoms with van der Waals surface area (Å²) < 4.78 is 5.69. The first-order chi connectivity index (χ1) is 7.68. The lowest BCUT2D eigenvalue weighted by molar-refractivity contribution is 0.278. The zero-order valence-corrected chi connectivity index (χ0v) is 10.2. The van der Waals surface area contributed by atoms with Crippen molar-refractivity contribution in [2.75, 3.05) is 6.61 Å². The Morgan fingerprint density at radius 2 is 2.00 bits per heavy atom. The number of nitrogens with two attached hydrogens (primary N) is 1. The van der Waals surface area contributed by atoms with Crippen molar-refractivity contribution in [3.8, 4) is 5.75 Å². The van der Waals surface area contributed by atoms with Crippen LogP contribution >= 0.6 is 0 Å². The highest BCUT2D eigenvalue weighted by Crippen LogP contribution is 2.38. The molecule has 1 unspecified atom stereocenters. The first-order valence-corrected chi connectivity index (χ1v) is 6.19. The lowest BCUT2D eigenvalue weighted by Gasteiger charge is -2.29.